The number of aliphatic hydroxyl groups is 1. The molecule has 0 fully saturated rings. The van der Waals surface area contributed by atoms with Gasteiger partial charge in [-0.15, -0.1) is 0 Å². The summed E-state index contributed by atoms with van der Waals surface area (Å²) in [5.74, 6) is -2.83. The van der Waals surface area contributed by atoms with E-state index in [0.29, 0.717) is 50.9 Å². The number of nitrogens with zero attached hydrogens (tertiary/aromatic N) is 2. The molecule has 2 unspecified atom stereocenters. The Bertz CT molecular complexity index is 2200. The van der Waals surface area contributed by atoms with E-state index in [9.17, 15) is 19.5 Å². The van der Waals surface area contributed by atoms with Gasteiger partial charge in [-0.05, 0) is 73.8 Å². The van der Waals surface area contributed by atoms with Crippen molar-refractivity contribution in [2.75, 3.05) is 21.3 Å². The second-order valence-corrected chi connectivity index (χ2v) is 13.3. The summed E-state index contributed by atoms with van der Waals surface area (Å²) in [6.07, 6.45) is 13.5. The lowest BCUT2D eigenvalue weighted by atomic mass is 9.63. The first kappa shape index (κ1) is 35.1. The predicted octanol–water partition coefficient (Wildman–Crippen LogP) is 4.26. The van der Waals surface area contributed by atoms with Crippen LogP contribution in [0.2, 0.25) is 0 Å². The number of fused-ring (bicyclic) bond motifs is 9. The number of carbonyl (C=O) groups is 3. The molecule has 0 spiro atoms. The van der Waals surface area contributed by atoms with E-state index in [1.54, 1.807) is 18.2 Å². The normalized spacial score (nSPS) is 25.7. The number of H-pyrrole nitrogens is 1. The van der Waals surface area contributed by atoms with Crippen molar-refractivity contribution in [2.45, 2.75) is 46.6 Å². The summed E-state index contributed by atoms with van der Waals surface area (Å²) >= 11 is 0. The molecule has 5 aliphatic rings. The molecule has 5 heterocycles. The third-order valence-electron chi connectivity index (χ3n) is 10.7. The molecular formula is C40H42N4O7. The third kappa shape index (κ3) is 5.66. The molecule has 0 saturated carbocycles. The van der Waals surface area contributed by atoms with Crippen LogP contribution in [0.15, 0.2) is 98.5 Å². The Kier molecular flexibility index (Phi) is 9.09. The van der Waals surface area contributed by atoms with E-state index in [1.807, 2.05) is 39.0 Å². The minimum Gasteiger partial charge on any atom is -0.508 e. The molecular weight excluding hydrogens is 648 g/mol. The number of hydrogen-bond donors (Lipinski definition) is 3. The van der Waals surface area contributed by atoms with Crippen LogP contribution < -0.4 is 16.0 Å². The van der Waals surface area contributed by atoms with Gasteiger partial charge in [0.25, 0.3) is 0 Å². The van der Waals surface area contributed by atoms with Gasteiger partial charge in [-0.25, -0.2) is 9.79 Å². The number of rotatable bonds is 7. The van der Waals surface area contributed by atoms with E-state index in [0.717, 1.165) is 28.1 Å². The first-order valence-electron chi connectivity index (χ1n) is 16.7. The quantitative estimate of drug-likeness (QED) is 0.218. The Labute approximate surface area is 296 Å². The molecule has 1 aromatic rings. The van der Waals surface area contributed by atoms with E-state index >= 15 is 0 Å². The van der Waals surface area contributed by atoms with Crippen molar-refractivity contribution >= 4 is 47.2 Å². The Morgan fingerprint density at radius 1 is 1.02 bits per heavy atom. The highest BCUT2D eigenvalue weighted by Gasteiger charge is 2.55. The van der Waals surface area contributed by atoms with Crippen molar-refractivity contribution in [1.82, 2.24) is 10.3 Å². The van der Waals surface area contributed by atoms with Gasteiger partial charge in [-0.1, -0.05) is 38.3 Å². The highest BCUT2D eigenvalue weighted by atomic mass is 16.5. The van der Waals surface area contributed by atoms with E-state index in [4.69, 9.17) is 24.2 Å². The second kappa shape index (κ2) is 13.2. The zero-order valence-corrected chi connectivity index (χ0v) is 29.9. The van der Waals surface area contributed by atoms with Crippen molar-refractivity contribution in [3.8, 4) is 0 Å². The molecule has 11 heteroatoms. The van der Waals surface area contributed by atoms with Crippen LogP contribution in [0.1, 0.15) is 44.7 Å². The Balaban J connectivity index is 1.69. The number of nitrogens with one attached hydrogen (secondary N) is 2. The van der Waals surface area contributed by atoms with Gasteiger partial charge in [0.2, 0.25) is 0 Å². The van der Waals surface area contributed by atoms with Gasteiger partial charge in [0.15, 0.2) is 0 Å². The fourth-order valence-electron chi connectivity index (χ4n) is 7.78. The number of esters is 3. The smallest absolute Gasteiger partial charge is 0.334 e. The first-order chi connectivity index (χ1) is 24.3. The molecule has 4 aliphatic heterocycles. The van der Waals surface area contributed by atoms with Crippen molar-refractivity contribution in [2.24, 2.45) is 27.2 Å². The Morgan fingerprint density at radius 2 is 1.76 bits per heavy atom. The van der Waals surface area contributed by atoms with Crippen molar-refractivity contribution in [1.29, 1.82) is 0 Å². The lowest BCUT2D eigenvalue weighted by molar-refractivity contribution is -0.149. The molecule has 0 amide bonds. The molecule has 1 aliphatic carbocycles. The molecule has 1 aromatic heterocycles. The van der Waals surface area contributed by atoms with Gasteiger partial charge in [0.1, 0.15) is 11.7 Å². The highest BCUT2D eigenvalue weighted by molar-refractivity contribution is 6.22. The molecule has 51 heavy (non-hydrogen) atoms. The average molecular weight is 691 g/mol. The van der Waals surface area contributed by atoms with E-state index in [-0.39, 0.29) is 35.7 Å². The maximum atomic E-state index is 13.6. The van der Waals surface area contributed by atoms with E-state index in [1.165, 1.54) is 21.3 Å². The topological polar surface area (TPSA) is 152 Å². The van der Waals surface area contributed by atoms with E-state index < -0.39 is 23.3 Å². The van der Waals surface area contributed by atoms with Crippen LogP contribution in [0, 0.1) is 24.2 Å². The first-order valence-corrected chi connectivity index (χ1v) is 16.7. The number of methoxy groups -OCH3 is 3. The number of allylic oxidation sites excluding steroid dienone is 7. The van der Waals surface area contributed by atoms with Gasteiger partial charge in [0, 0.05) is 34.5 Å². The van der Waals surface area contributed by atoms with Crippen LogP contribution in [0.4, 0.5) is 0 Å². The summed E-state index contributed by atoms with van der Waals surface area (Å²) in [6, 6.07) is -0.184. The van der Waals surface area contributed by atoms with Gasteiger partial charge < -0.3 is 29.6 Å². The molecule has 0 radical (unpaired) electrons. The minimum atomic E-state index is -1.17. The van der Waals surface area contributed by atoms with Gasteiger partial charge >= 0.3 is 17.9 Å². The van der Waals surface area contributed by atoms with Crippen LogP contribution in [-0.2, 0) is 28.6 Å². The minimum absolute atomic E-state index is 0.0170. The van der Waals surface area contributed by atoms with Crippen LogP contribution in [0.5, 0.6) is 0 Å². The monoisotopic (exact) mass is 690 g/mol. The summed E-state index contributed by atoms with van der Waals surface area (Å²) in [6.45, 7) is 15.7. The van der Waals surface area contributed by atoms with Crippen LogP contribution in [0.25, 0.3) is 17.9 Å². The largest absolute Gasteiger partial charge is 0.508 e. The van der Waals surface area contributed by atoms with Crippen LogP contribution in [0.3, 0.4) is 0 Å². The SMILES string of the molecule is C=CC1=C(C)C2=N/C1=C\C1NC(=C(CCC(=O)OC)C1C)C=c1[nH]c(c(C)c1C(=C)O)=CC1=NC(=C2)C2=CC=C(C(=O)OC)[C@@H](C(=O)OC)[C@]21C. The summed E-state index contributed by atoms with van der Waals surface area (Å²) in [5.41, 5.74) is 6.90. The molecule has 264 valence electrons. The molecule has 8 bridgehead atoms. The number of aliphatic hydroxyl groups excluding tert-OH is 1. The molecule has 0 saturated heterocycles. The summed E-state index contributed by atoms with van der Waals surface area (Å²) in [4.78, 5) is 52.6. The maximum absolute atomic E-state index is 13.6. The van der Waals surface area contributed by atoms with Crippen molar-refractivity contribution < 1.29 is 33.7 Å². The van der Waals surface area contributed by atoms with Gasteiger partial charge in [-0.2, -0.15) is 0 Å². The zero-order chi connectivity index (χ0) is 36.9. The highest BCUT2D eigenvalue weighted by Crippen LogP contribution is 2.52. The summed E-state index contributed by atoms with van der Waals surface area (Å²) in [5, 5.41) is 15.7. The third-order valence-corrected chi connectivity index (χ3v) is 10.7. The lowest BCUT2D eigenvalue weighted by Gasteiger charge is -2.37. The molecule has 3 N–H and O–H groups in total. The molecule has 6 rings (SSSR count). The summed E-state index contributed by atoms with van der Waals surface area (Å²) in [7, 11) is 3.93. The molecule has 11 nitrogen and oxygen atoms in total. The van der Waals surface area contributed by atoms with Gasteiger partial charge in [-0.3, -0.25) is 14.6 Å². The maximum Gasteiger partial charge on any atom is 0.334 e. The molecule has 4 atom stereocenters. The van der Waals surface area contributed by atoms with Crippen LogP contribution in [-0.4, -0.2) is 66.8 Å². The number of carbonyl (C=O) groups excluding carboxylic acids is 3. The number of hydrogen-bond acceptors (Lipinski definition) is 10. The van der Waals surface area contributed by atoms with E-state index in [2.05, 4.69) is 36.5 Å². The fourth-order valence-corrected chi connectivity index (χ4v) is 7.78. The van der Waals surface area contributed by atoms with Crippen molar-refractivity contribution in [3.63, 3.8) is 0 Å². The molecule has 0 aromatic carbocycles. The second-order valence-electron chi connectivity index (χ2n) is 13.3. The average Bonchev–Trinajstić information content (AvgIpc) is 3.77. The zero-order valence-electron chi connectivity index (χ0n) is 29.9. The number of aromatic amines is 1. The predicted molar refractivity (Wildman–Crippen MR) is 195 cm³/mol. The van der Waals surface area contributed by atoms with Gasteiger partial charge in [0.05, 0.1) is 66.5 Å². The number of aromatic nitrogens is 1. The van der Waals surface area contributed by atoms with Crippen LogP contribution >= 0.6 is 0 Å². The Morgan fingerprint density at radius 3 is 2.41 bits per heavy atom. The fraction of sp³-hybridized carbons (Fsp3) is 0.325. The Hall–Kier alpha value is -5.71. The number of aliphatic imine (C=N–C) groups is 2. The lowest BCUT2D eigenvalue weighted by Crippen LogP contribution is -2.44. The summed E-state index contributed by atoms with van der Waals surface area (Å²) < 4.78 is 15.3. The van der Waals surface area contributed by atoms with Crippen molar-refractivity contribution in [3.05, 3.63) is 110 Å². The standard InChI is InChI=1S/C40H42N4O7/c1-10-23-19(2)28-16-32-26-13-11-25(38(47)50-8)37(39(48)51-9)40(26,6)34(44-32)18-29-21(4)36(22(5)45)33(43-29)17-31-24(12-14-35(46)49-7)20(3)27(42-31)15-30(23)41-28/h10-11,13,15-18,20,27,37,42-43,45H,1,5,12,14H2,2-4,6-9H3/b29-18?,30-15-,32-16?,33-17?/t20?,27?,37-,40+/m0/s1. The number of ether oxygens (including phenoxy) is 3.